The molecule has 0 aliphatic carbocycles. The van der Waals surface area contributed by atoms with Gasteiger partial charge >= 0.3 is 0 Å². The van der Waals surface area contributed by atoms with E-state index in [-0.39, 0.29) is 5.91 Å². The van der Waals surface area contributed by atoms with Crippen LogP contribution in [0.15, 0.2) is 47.1 Å². The van der Waals surface area contributed by atoms with Gasteiger partial charge in [-0.1, -0.05) is 22.0 Å². The van der Waals surface area contributed by atoms with Crippen LogP contribution in [0.1, 0.15) is 16.1 Å². The molecule has 2 rings (SSSR count). The molecule has 0 saturated carbocycles. The van der Waals surface area contributed by atoms with Gasteiger partial charge < -0.3 is 5.32 Å². The van der Waals surface area contributed by atoms with E-state index in [0.717, 1.165) is 15.7 Å². The third kappa shape index (κ3) is 3.14. The van der Waals surface area contributed by atoms with Gasteiger partial charge in [-0.25, -0.2) is 0 Å². The van der Waals surface area contributed by atoms with Gasteiger partial charge in [-0.2, -0.15) is 0 Å². The molecule has 3 nitrogen and oxygen atoms in total. The summed E-state index contributed by atoms with van der Waals surface area (Å²) in [4.78, 5) is 15.9. The lowest BCUT2D eigenvalue weighted by molar-refractivity contribution is 0.102. The van der Waals surface area contributed by atoms with Crippen molar-refractivity contribution in [1.82, 2.24) is 4.98 Å². The molecule has 0 aliphatic rings. The number of hydrogen-bond donors (Lipinski definition) is 1. The Balaban J connectivity index is 2.17. The van der Waals surface area contributed by atoms with E-state index in [1.54, 1.807) is 12.3 Å². The Kier molecular flexibility index (Phi) is 3.54. The van der Waals surface area contributed by atoms with E-state index in [0.29, 0.717) is 5.69 Å². The van der Waals surface area contributed by atoms with Crippen LogP contribution in [0, 0.1) is 6.92 Å². The van der Waals surface area contributed by atoms with E-state index in [1.165, 1.54) is 0 Å². The lowest BCUT2D eigenvalue weighted by atomic mass is 10.2. The lowest BCUT2D eigenvalue weighted by Gasteiger charge is -2.05. The first kappa shape index (κ1) is 11.8. The smallest absolute Gasteiger partial charge is 0.274 e. The predicted octanol–water partition coefficient (Wildman–Crippen LogP) is 3.40. The summed E-state index contributed by atoms with van der Waals surface area (Å²) in [5.74, 6) is -0.202. The summed E-state index contributed by atoms with van der Waals surface area (Å²) in [5.41, 5.74) is 2.18. The van der Waals surface area contributed by atoms with Gasteiger partial charge in [0.2, 0.25) is 0 Å². The zero-order valence-corrected chi connectivity index (χ0v) is 10.9. The van der Waals surface area contributed by atoms with Gasteiger partial charge in [-0.05, 0) is 42.8 Å². The fourth-order valence-electron chi connectivity index (χ4n) is 1.42. The normalized spacial score (nSPS) is 10.0. The molecule has 1 amide bonds. The van der Waals surface area contributed by atoms with Crippen molar-refractivity contribution in [2.75, 3.05) is 5.32 Å². The number of nitrogens with zero attached hydrogens (tertiary/aromatic N) is 1. The van der Waals surface area contributed by atoms with Crippen LogP contribution in [0.2, 0.25) is 0 Å². The van der Waals surface area contributed by atoms with Crippen LogP contribution in [-0.2, 0) is 0 Å². The summed E-state index contributed by atoms with van der Waals surface area (Å²) in [6.45, 7) is 1.93. The summed E-state index contributed by atoms with van der Waals surface area (Å²) >= 11 is 3.35. The Morgan fingerprint density at radius 1 is 1.29 bits per heavy atom. The van der Waals surface area contributed by atoms with Crippen LogP contribution in [0.5, 0.6) is 0 Å². The molecule has 17 heavy (non-hydrogen) atoms. The summed E-state index contributed by atoms with van der Waals surface area (Å²) in [6.07, 6.45) is 1.63. The molecule has 1 aromatic carbocycles. The predicted molar refractivity (Wildman–Crippen MR) is 71.1 cm³/mol. The SMILES string of the molecule is Cc1ccnc(C(=O)Nc2cccc(Br)c2)c1. The van der Waals surface area contributed by atoms with Gasteiger partial charge in [0, 0.05) is 16.4 Å². The molecule has 0 unspecified atom stereocenters. The maximum absolute atomic E-state index is 11.9. The van der Waals surface area contributed by atoms with Crippen molar-refractivity contribution in [3.8, 4) is 0 Å². The topological polar surface area (TPSA) is 42.0 Å². The van der Waals surface area contributed by atoms with Crippen LogP contribution >= 0.6 is 15.9 Å². The van der Waals surface area contributed by atoms with E-state index in [2.05, 4.69) is 26.2 Å². The van der Waals surface area contributed by atoms with Crippen molar-refractivity contribution in [2.24, 2.45) is 0 Å². The second-order valence-corrected chi connectivity index (χ2v) is 4.60. The second kappa shape index (κ2) is 5.10. The average molecular weight is 291 g/mol. The monoisotopic (exact) mass is 290 g/mol. The number of halogens is 1. The van der Waals surface area contributed by atoms with Crippen molar-refractivity contribution < 1.29 is 4.79 Å². The molecule has 0 aliphatic heterocycles. The van der Waals surface area contributed by atoms with E-state index < -0.39 is 0 Å². The van der Waals surface area contributed by atoms with Crippen LogP contribution < -0.4 is 5.32 Å². The summed E-state index contributed by atoms with van der Waals surface area (Å²) in [5, 5.41) is 2.79. The molecule has 0 spiro atoms. The molecule has 0 radical (unpaired) electrons. The molecule has 86 valence electrons. The largest absolute Gasteiger partial charge is 0.321 e. The van der Waals surface area contributed by atoms with Gasteiger partial charge in [0.1, 0.15) is 5.69 Å². The van der Waals surface area contributed by atoms with E-state index >= 15 is 0 Å². The maximum Gasteiger partial charge on any atom is 0.274 e. The number of rotatable bonds is 2. The van der Waals surface area contributed by atoms with Crippen molar-refractivity contribution in [3.63, 3.8) is 0 Å². The van der Waals surface area contributed by atoms with Crippen LogP contribution in [0.25, 0.3) is 0 Å². The third-order valence-electron chi connectivity index (χ3n) is 2.23. The molecule has 2 aromatic rings. The molecule has 0 fully saturated rings. The molecular weight excluding hydrogens is 280 g/mol. The zero-order valence-electron chi connectivity index (χ0n) is 9.27. The fraction of sp³-hybridized carbons (Fsp3) is 0.0769. The number of aryl methyl sites for hydroxylation is 1. The van der Waals surface area contributed by atoms with Gasteiger partial charge in [0.25, 0.3) is 5.91 Å². The highest BCUT2D eigenvalue weighted by atomic mass is 79.9. The second-order valence-electron chi connectivity index (χ2n) is 3.68. The Morgan fingerprint density at radius 2 is 2.12 bits per heavy atom. The van der Waals surface area contributed by atoms with Gasteiger partial charge in [0.15, 0.2) is 0 Å². The number of anilines is 1. The standard InChI is InChI=1S/C13H11BrN2O/c1-9-5-6-15-12(7-9)13(17)16-11-4-2-3-10(14)8-11/h2-8H,1H3,(H,16,17). The molecule has 1 N–H and O–H groups in total. The minimum absolute atomic E-state index is 0.202. The number of amides is 1. The molecule has 4 heteroatoms. The Bertz CT molecular complexity index is 555. The maximum atomic E-state index is 11.9. The van der Waals surface area contributed by atoms with Crippen molar-refractivity contribution in [2.45, 2.75) is 6.92 Å². The van der Waals surface area contributed by atoms with Crippen molar-refractivity contribution >= 4 is 27.5 Å². The number of nitrogens with one attached hydrogen (secondary N) is 1. The fourth-order valence-corrected chi connectivity index (χ4v) is 1.82. The Labute approximate surface area is 108 Å². The summed E-state index contributed by atoms with van der Waals surface area (Å²) in [7, 11) is 0. The summed E-state index contributed by atoms with van der Waals surface area (Å²) in [6, 6.07) is 11.1. The van der Waals surface area contributed by atoms with Crippen molar-refractivity contribution in [1.29, 1.82) is 0 Å². The molecule has 0 saturated heterocycles. The van der Waals surface area contributed by atoms with Gasteiger partial charge in [-0.3, -0.25) is 9.78 Å². The quantitative estimate of drug-likeness (QED) is 0.921. The number of aromatic nitrogens is 1. The zero-order chi connectivity index (χ0) is 12.3. The Morgan fingerprint density at radius 3 is 2.82 bits per heavy atom. The van der Waals surface area contributed by atoms with Gasteiger partial charge in [0.05, 0.1) is 0 Å². The van der Waals surface area contributed by atoms with E-state index in [4.69, 9.17) is 0 Å². The highest BCUT2D eigenvalue weighted by Crippen LogP contribution is 2.16. The number of benzene rings is 1. The minimum Gasteiger partial charge on any atom is -0.321 e. The van der Waals surface area contributed by atoms with E-state index in [9.17, 15) is 4.79 Å². The molecule has 0 bridgehead atoms. The Hall–Kier alpha value is -1.68. The molecule has 1 aromatic heterocycles. The van der Waals surface area contributed by atoms with Crippen LogP contribution in [0.3, 0.4) is 0 Å². The average Bonchev–Trinajstić information content (AvgIpc) is 2.29. The van der Waals surface area contributed by atoms with Crippen molar-refractivity contribution in [3.05, 3.63) is 58.3 Å². The molecular formula is C13H11BrN2O. The first-order valence-electron chi connectivity index (χ1n) is 5.15. The summed E-state index contributed by atoms with van der Waals surface area (Å²) < 4.78 is 0.924. The highest BCUT2D eigenvalue weighted by Gasteiger charge is 2.07. The number of hydrogen-bond acceptors (Lipinski definition) is 2. The first-order chi connectivity index (χ1) is 8.15. The molecule has 1 heterocycles. The number of pyridine rings is 1. The van der Waals surface area contributed by atoms with Crippen LogP contribution in [-0.4, -0.2) is 10.9 Å². The number of carbonyl (C=O) groups excluding carboxylic acids is 1. The third-order valence-corrected chi connectivity index (χ3v) is 2.72. The molecule has 0 atom stereocenters. The highest BCUT2D eigenvalue weighted by molar-refractivity contribution is 9.10. The first-order valence-corrected chi connectivity index (χ1v) is 5.94. The van der Waals surface area contributed by atoms with E-state index in [1.807, 2.05) is 37.3 Å². The van der Waals surface area contributed by atoms with Gasteiger partial charge in [-0.15, -0.1) is 0 Å². The lowest BCUT2D eigenvalue weighted by Crippen LogP contribution is -2.13. The number of carbonyl (C=O) groups is 1. The van der Waals surface area contributed by atoms with Crippen LogP contribution in [0.4, 0.5) is 5.69 Å². The minimum atomic E-state index is -0.202.